The Hall–Kier alpha value is -3.71. The fraction of sp³-hybridized carbons (Fsp3) is 0.541. The number of aryl methyl sites for hydroxylation is 1. The number of nitrogens with one attached hydrogen (secondary N) is 1. The predicted octanol–water partition coefficient (Wildman–Crippen LogP) is 4.10. The van der Waals surface area contributed by atoms with Crippen molar-refractivity contribution >= 4 is 34.8 Å². The van der Waals surface area contributed by atoms with Crippen LogP contribution in [0.5, 0.6) is 11.8 Å². The number of anilines is 1. The van der Waals surface area contributed by atoms with Gasteiger partial charge < -0.3 is 34.6 Å². The summed E-state index contributed by atoms with van der Waals surface area (Å²) in [6, 6.07) is 6.17. The summed E-state index contributed by atoms with van der Waals surface area (Å²) in [7, 11) is 0. The third-order valence-electron chi connectivity index (χ3n) is 10.8. The minimum absolute atomic E-state index is 0.0132. The molecule has 6 rings (SSSR count). The van der Waals surface area contributed by atoms with Gasteiger partial charge in [0.2, 0.25) is 0 Å². The third-order valence-corrected chi connectivity index (χ3v) is 10.8. The van der Waals surface area contributed by atoms with Crippen molar-refractivity contribution in [2.24, 2.45) is 16.3 Å². The number of ether oxygens (including phenoxy) is 3. The number of benzene rings is 2. The van der Waals surface area contributed by atoms with E-state index in [1.54, 1.807) is 30.0 Å². The molecule has 0 radical (unpaired) electrons. The molecule has 0 bridgehead atoms. The molecular weight excluding hydrogens is 632 g/mol. The van der Waals surface area contributed by atoms with Crippen LogP contribution in [0.1, 0.15) is 64.0 Å². The molecule has 1 aromatic heterocycles. The number of nitrogens with zero attached hydrogens (tertiary/aromatic N) is 4. The summed E-state index contributed by atoms with van der Waals surface area (Å²) >= 11 is 0. The minimum atomic E-state index is -0.423. The summed E-state index contributed by atoms with van der Waals surface area (Å²) in [5, 5.41) is 26.3. The Bertz CT molecular complexity index is 1820. The fourth-order valence-corrected chi connectivity index (χ4v) is 8.22. The summed E-state index contributed by atoms with van der Waals surface area (Å²) in [5.41, 5.74) is 1.32. The summed E-state index contributed by atoms with van der Waals surface area (Å²) in [5.74, 6) is 0.324. The van der Waals surface area contributed by atoms with Crippen molar-refractivity contribution in [1.29, 1.82) is 0 Å². The molecule has 10 nitrogen and oxygen atoms in total. The molecule has 3 heterocycles. The molecule has 0 amide bonds. The van der Waals surface area contributed by atoms with Crippen molar-refractivity contribution in [3.8, 4) is 11.8 Å². The van der Waals surface area contributed by atoms with Crippen LogP contribution in [0.2, 0.25) is 0 Å². The minimum Gasteiger partial charge on any atom is -0.508 e. The van der Waals surface area contributed by atoms with E-state index in [4.69, 9.17) is 19.2 Å². The van der Waals surface area contributed by atoms with E-state index in [1.165, 1.54) is 12.3 Å². The molecule has 2 aliphatic heterocycles. The first-order chi connectivity index (χ1) is 23.8. The van der Waals surface area contributed by atoms with Gasteiger partial charge in [-0.05, 0) is 87.0 Å². The number of aromatic nitrogens is 2. The monoisotopic (exact) mass is 679 g/mol. The first-order valence-electron chi connectivity index (χ1n) is 17.4. The maximum atomic E-state index is 14.9. The normalized spacial score (nSPS) is 23.6. The highest BCUT2D eigenvalue weighted by Gasteiger charge is 2.61. The van der Waals surface area contributed by atoms with E-state index in [9.17, 15) is 19.0 Å². The van der Waals surface area contributed by atoms with Crippen molar-refractivity contribution in [2.45, 2.75) is 64.8 Å². The highest BCUT2D eigenvalue weighted by Crippen LogP contribution is 2.56. The first kappa shape index (κ1) is 35.1. The average Bonchev–Trinajstić information content (AvgIpc) is 3.46. The standard InChI is InChI=1S/C37H47F2N5O5/c1-4-28-31(39)9-8-25-16-27(46)17-29(33(25)28)24(3)40-19-30-32(18-38)42-35(43-34(30)44(23-45)14-15-47-5-2)49-22-36-10-6-12-37(36,26-20-48-21-26)41-13-7-11-36/h8-9,16-19,26,41,45-46H,4-7,10-15,20-23H2,1-3H3/b30-19+,32-18-,40-24?. The molecule has 2 aromatic carbocycles. The SMILES string of the molecule is CCOCCN(CO)c1nc(OCC23CCCNC2(C2COC2)CCC3)nc(=C\F)/c1=C\N=C(C)c1cc(O)cc2ccc(F)c(CC)c12. The van der Waals surface area contributed by atoms with E-state index < -0.39 is 6.73 Å². The molecule has 49 heavy (non-hydrogen) atoms. The lowest BCUT2D eigenvalue weighted by Gasteiger charge is -2.56. The molecule has 1 aliphatic carbocycles. The number of aliphatic imine (C=N–C) groups is 1. The van der Waals surface area contributed by atoms with Crippen LogP contribution in [0.25, 0.3) is 23.3 Å². The van der Waals surface area contributed by atoms with Crippen molar-refractivity contribution in [1.82, 2.24) is 15.3 Å². The zero-order chi connectivity index (χ0) is 34.6. The number of aliphatic hydroxyl groups excluding tert-OH is 1. The van der Waals surface area contributed by atoms with E-state index in [0.717, 1.165) is 51.9 Å². The number of aromatic hydroxyl groups is 1. The Kier molecular flexibility index (Phi) is 10.8. The second-order valence-corrected chi connectivity index (χ2v) is 13.3. The number of fused-ring (bicyclic) bond motifs is 2. The Morgan fingerprint density at radius 2 is 2.00 bits per heavy atom. The lowest BCUT2D eigenvalue weighted by molar-refractivity contribution is -0.129. The Morgan fingerprint density at radius 3 is 2.71 bits per heavy atom. The smallest absolute Gasteiger partial charge is 0.319 e. The van der Waals surface area contributed by atoms with Crippen molar-refractivity contribution in [3.63, 3.8) is 0 Å². The van der Waals surface area contributed by atoms with Crippen LogP contribution in [0, 0.1) is 17.2 Å². The lowest BCUT2D eigenvalue weighted by atomic mass is 9.61. The van der Waals surface area contributed by atoms with Crippen molar-refractivity contribution < 1.29 is 33.2 Å². The van der Waals surface area contributed by atoms with Gasteiger partial charge in [0.1, 0.15) is 35.8 Å². The van der Waals surface area contributed by atoms with E-state index in [2.05, 4.69) is 15.3 Å². The number of rotatable bonds is 13. The number of piperidine rings is 1. The second kappa shape index (κ2) is 15.0. The number of hydrogen-bond donors (Lipinski definition) is 3. The molecule has 0 spiro atoms. The topological polar surface area (TPSA) is 122 Å². The van der Waals surface area contributed by atoms with Crippen LogP contribution in [0.3, 0.4) is 0 Å². The molecule has 264 valence electrons. The van der Waals surface area contributed by atoms with Gasteiger partial charge in [0.05, 0.1) is 31.6 Å². The maximum absolute atomic E-state index is 14.9. The molecule has 1 saturated carbocycles. The fourth-order valence-electron chi connectivity index (χ4n) is 8.22. The average molecular weight is 680 g/mol. The third kappa shape index (κ3) is 6.63. The van der Waals surface area contributed by atoms with Gasteiger partial charge in [-0.15, -0.1) is 0 Å². The number of halogens is 2. The molecule has 3 fully saturated rings. The molecular formula is C37H47F2N5O5. The van der Waals surface area contributed by atoms with Gasteiger partial charge in [0, 0.05) is 47.5 Å². The van der Waals surface area contributed by atoms with Gasteiger partial charge in [-0.1, -0.05) is 19.4 Å². The Balaban J connectivity index is 1.42. The largest absolute Gasteiger partial charge is 0.508 e. The predicted molar refractivity (Wildman–Crippen MR) is 185 cm³/mol. The Morgan fingerprint density at radius 1 is 1.18 bits per heavy atom. The quantitative estimate of drug-likeness (QED) is 0.139. The van der Waals surface area contributed by atoms with E-state index in [1.807, 2.05) is 13.8 Å². The zero-order valence-electron chi connectivity index (χ0n) is 28.6. The van der Waals surface area contributed by atoms with Gasteiger partial charge in [-0.3, -0.25) is 4.99 Å². The van der Waals surface area contributed by atoms with Crippen molar-refractivity contribution in [3.05, 3.63) is 51.8 Å². The van der Waals surface area contributed by atoms with Gasteiger partial charge in [0.15, 0.2) is 0 Å². The highest BCUT2D eigenvalue weighted by atomic mass is 19.1. The molecule has 12 heteroatoms. The summed E-state index contributed by atoms with van der Waals surface area (Å²) in [4.78, 5) is 15.4. The van der Waals surface area contributed by atoms with Gasteiger partial charge in [-0.2, -0.15) is 9.97 Å². The first-order valence-corrected chi connectivity index (χ1v) is 17.4. The summed E-state index contributed by atoms with van der Waals surface area (Å²) in [6.45, 7) is 8.94. The molecule has 3 N–H and O–H groups in total. The summed E-state index contributed by atoms with van der Waals surface area (Å²) in [6.07, 6.45) is 7.46. The van der Waals surface area contributed by atoms with Crippen LogP contribution in [0.4, 0.5) is 14.6 Å². The zero-order valence-corrected chi connectivity index (χ0v) is 28.6. The van der Waals surface area contributed by atoms with E-state index in [0.29, 0.717) is 66.1 Å². The second-order valence-electron chi connectivity index (χ2n) is 13.3. The van der Waals surface area contributed by atoms with Crippen LogP contribution in [-0.2, 0) is 15.9 Å². The van der Waals surface area contributed by atoms with E-state index in [-0.39, 0.29) is 51.5 Å². The molecule has 3 aliphatic rings. The lowest BCUT2D eigenvalue weighted by Crippen LogP contribution is -2.68. The van der Waals surface area contributed by atoms with Gasteiger partial charge in [0.25, 0.3) is 0 Å². The highest BCUT2D eigenvalue weighted by molar-refractivity contribution is 6.12. The Labute approximate surface area is 285 Å². The van der Waals surface area contributed by atoms with Crippen LogP contribution >= 0.6 is 0 Å². The number of aliphatic hydroxyl groups is 1. The van der Waals surface area contributed by atoms with Crippen molar-refractivity contribution in [2.75, 3.05) is 57.8 Å². The van der Waals surface area contributed by atoms with Crippen LogP contribution in [0.15, 0.2) is 29.3 Å². The van der Waals surface area contributed by atoms with E-state index >= 15 is 0 Å². The maximum Gasteiger partial charge on any atom is 0.319 e. The van der Waals surface area contributed by atoms with Crippen LogP contribution in [-0.4, -0.2) is 84.3 Å². The number of phenols is 1. The number of hydrogen-bond acceptors (Lipinski definition) is 10. The van der Waals surface area contributed by atoms with Gasteiger partial charge in [-0.25, -0.2) is 8.78 Å². The van der Waals surface area contributed by atoms with Gasteiger partial charge >= 0.3 is 6.01 Å². The molecule has 2 saturated heterocycles. The molecule has 2 atom stereocenters. The molecule has 2 unspecified atom stereocenters. The number of phenolic OH excluding ortho intramolecular Hbond substituents is 1. The summed E-state index contributed by atoms with van der Waals surface area (Å²) < 4.78 is 47.2. The molecule has 3 aromatic rings. The van der Waals surface area contributed by atoms with Crippen LogP contribution < -0.4 is 25.5 Å².